The first-order chi connectivity index (χ1) is 9.27. The molecule has 0 spiro atoms. The Bertz CT molecular complexity index is 475. The lowest BCUT2D eigenvalue weighted by atomic mass is 9.89. The van der Waals surface area contributed by atoms with Gasteiger partial charge in [-0.2, -0.15) is 0 Å². The summed E-state index contributed by atoms with van der Waals surface area (Å²) in [6.07, 6.45) is 2.63. The first kappa shape index (κ1) is 13.0. The van der Waals surface area contributed by atoms with Gasteiger partial charge < -0.3 is 14.8 Å². The van der Waals surface area contributed by atoms with Gasteiger partial charge in [0.1, 0.15) is 10.8 Å². The summed E-state index contributed by atoms with van der Waals surface area (Å²) in [5, 5.41) is 3.34. The van der Waals surface area contributed by atoms with Crippen molar-refractivity contribution in [2.45, 2.75) is 25.2 Å². The van der Waals surface area contributed by atoms with Crippen LogP contribution in [0.1, 0.15) is 30.7 Å². The number of hydrogen-bond acceptors (Lipinski definition) is 3. The Morgan fingerprint density at radius 2 is 1.95 bits per heavy atom. The summed E-state index contributed by atoms with van der Waals surface area (Å²) >= 11 is 6.11. The largest absolute Gasteiger partial charge is 0.489 e. The number of rotatable bonds is 1. The molecular weight excluding hydrogens is 269 g/mol. The molecule has 1 fully saturated rings. The van der Waals surface area contributed by atoms with Gasteiger partial charge in [0.25, 0.3) is 0 Å². The Morgan fingerprint density at radius 3 is 2.74 bits per heavy atom. The minimum absolute atomic E-state index is 0.0629. The summed E-state index contributed by atoms with van der Waals surface area (Å²) in [6, 6.07) is 1.78. The van der Waals surface area contributed by atoms with Gasteiger partial charge in [-0.3, -0.25) is 0 Å². The molecule has 3 nitrogen and oxygen atoms in total. The van der Waals surface area contributed by atoms with Crippen LogP contribution in [0.5, 0.6) is 11.5 Å². The molecule has 1 aromatic carbocycles. The molecule has 104 valence electrons. The third-order valence-corrected chi connectivity index (χ3v) is 4.07. The van der Waals surface area contributed by atoms with Crippen LogP contribution in [0, 0.1) is 5.82 Å². The zero-order chi connectivity index (χ0) is 13.2. The molecule has 2 heterocycles. The van der Waals surface area contributed by atoms with Gasteiger partial charge in [0.2, 0.25) is 0 Å². The van der Waals surface area contributed by atoms with Gasteiger partial charge in [-0.15, -0.1) is 0 Å². The molecule has 0 aliphatic carbocycles. The van der Waals surface area contributed by atoms with Gasteiger partial charge >= 0.3 is 0 Å². The Labute approximate surface area is 117 Å². The van der Waals surface area contributed by atoms with Crippen LogP contribution in [0.25, 0.3) is 0 Å². The maximum Gasteiger partial charge on any atom is 0.182 e. The topological polar surface area (TPSA) is 30.5 Å². The monoisotopic (exact) mass is 285 g/mol. The average molecular weight is 286 g/mol. The highest BCUT2D eigenvalue weighted by molar-refractivity contribution is 6.32. The number of piperidine rings is 1. The number of nitrogens with one attached hydrogen (secondary N) is 1. The van der Waals surface area contributed by atoms with Crippen molar-refractivity contribution in [3.8, 4) is 11.5 Å². The summed E-state index contributed by atoms with van der Waals surface area (Å²) in [6.45, 7) is 2.92. The van der Waals surface area contributed by atoms with E-state index in [2.05, 4.69) is 5.32 Å². The smallest absolute Gasteiger partial charge is 0.182 e. The van der Waals surface area contributed by atoms with Crippen LogP contribution in [-0.4, -0.2) is 26.3 Å². The second-order valence-corrected chi connectivity index (χ2v) is 5.37. The summed E-state index contributed by atoms with van der Waals surface area (Å²) < 4.78 is 25.5. The summed E-state index contributed by atoms with van der Waals surface area (Å²) in [5.74, 6) is 0.792. The normalized spacial score (nSPS) is 20.1. The van der Waals surface area contributed by atoms with Crippen LogP contribution in [0.2, 0.25) is 5.02 Å². The minimum Gasteiger partial charge on any atom is -0.489 e. The predicted octanol–water partition coefficient (Wildman–Crippen LogP) is 3.11. The highest BCUT2D eigenvalue weighted by Crippen LogP contribution is 2.43. The SMILES string of the molecule is Fc1c(C2CCNCC2)cc2c(c1Cl)OCCCO2. The third-order valence-electron chi connectivity index (χ3n) is 3.73. The maximum absolute atomic E-state index is 14.4. The number of ether oxygens (including phenoxy) is 2. The number of benzene rings is 1. The van der Waals surface area contributed by atoms with E-state index in [-0.39, 0.29) is 16.8 Å². The molecule has 2 aliphatic heterocycles. The highest BCUT2D eigenvalue weighted by Gasteiger charge is 2.26. The molecule has 3 rings (SSSR count). The molecule has 2 aliphatic rings. The third kappa shape index (κ3) is 2.51. The van der Waals surface area contributed by atoms with Crippen molar-refractivity contribution < 1.29 is 13.9 Å². The Balaban J connectivity index is 2.00. The fraction of sp³-hybridized carbons (Fsp3) is 0.571. The van der Waals surface area contributed by atoms with Crippen LogP contribution in [0.15, 0.2) is 6.07 Å². The molecule has 0 amide bonds. The van der Waals surface area contributed by atoms with Crippen molar-refractivity contribution in [2.75, 3.05) is 26.3 Å². The van der Waals surface area contributed by atoms with Crippen LogP contribution < -0.4 is 14.8 Å². The van der Waals surface area contributed by atoms with Gasteiger partial charge in [-0.05, 0) is 43.5 Å². The molecule has 0 radical (unpaired) electrons. The second kappa shape index (κ2) is 5.55. The quantitative estimate of drug-likeness (QED) is 0.860. The molecule has 1 saturated heterocycles. The molecule has 19 heavy (non-hydrogen) atoms. The van der Waals surface area contributed by atoms with E-state index in [9.17, 15) is 4.39 Å². The highest BCUT2D eigenvalue weighted by atomic mass is 35.5. The Morgan fingerprint density at radius 1 is 1.21 bits per heavy atom. The molecule has 0 atom stereocenters. The molecular formula is C14H17ClFNO2. The lowest BCUT2D eigenvalue weighted by Gasteiger charge is -2.24. The van der Waals surface area contributed by atoms with E-state index in [1.807, 2.05) is 0 Å². The van der Waals surface area contributed by atoms with Crippen molar-refractivity contribution in [1.29, 1.82) is 0 Å². The molecule has 0 saturated carbocycles. The Hall–Kier alpha value is -1.00. The maximum atomic E-state index is 14.4. The number of halogens is 2. The van der Waals surface area contributed by atoms with Gasteiger partial charge in [0, 0.05) is 6.42 Å². The van der Waals surface area contributed by atoms with Crippen LogP contribution in [-0.2, 0) is 0 Å². The molecule has 1 N–H and O–H groups in total. The number of hydrogen-bond donors (Lipinski definition) is 1. The van der Waals surface area contributed by atoms with Gasteiger partial charge in [-0.25, -0.2) is 4.39 Å². The first-order valence-electron chi connectivity index (χ1n) is 6.75. The predicted molar refractivity (Wildman–Crippen MR) is 71.9 cm³/mol. The summed E-state index contributed by atoms with van der Waals surface area (Å²) in [5.41, 5.74) is 0.663. The zero-order valence-corrected chi connectivity index (χ0v) is 11.4. The van der Waals surface area contributed by atoms with Crippen molar-refractivity contribution >= 4 is 11.6 Å². The number of fused-ring (bicyclic) bond motifs is 1. The fourth-order valence-corrected chi connectivity index (χ4v) is 2.95. The van der Waals surface area contributed by atoms with E-state index in [1.165, 1.54) is 0 Å². The first-order valence-corrected chi connectivity index (χ1v) is 7.13. The van der Waals surface area contributed by atoms with Crippen molar-refractivity contribution in [3.63, 3.8) is 0 Å². The van der Waals surface area contributed by atoms with Crippen LogP contribution in [0.3, 0.4) is 0 Å². The van der Waals surface area contributed by atoms with Gasteiger partial charge in [-0.1, -0.05) is 11.6 Å². The zero-order valence-electron chi connectivity index (χ0n) is 10.7. The van der Waals surface area contributed by atoms with E-state index in [1.54, 1.807) is 6.07 Å². The lowest BCUT2D eigenvalue weighted by Crippen LogP contribution is -2.27. The minimum atomic E-state index is -0.349. The van der Waals surface area contributed by atoms with Crippen molar-refractivity contribution in [1.82, 2.24) is 5.32 Å². The van der Waals surface area contributed by atoms with Crippen LogP contribution in [0.4, 0.5) is 4.39 Å². The molecule has 0 bridgehead atoms. The Kier molecular flexibility index (Phi) is 3.80. The van der Waals surface area contributed by atoms with Crippen molar-refractivity contribution in [2.24, 2.45) is 0 Å². The van der Waals surface area contributed by atoms with Crippen molar-refractivity contribution in [3.05, 3.63) is 22.5 Å². The van der Waals surface area contributed by atoms with Crippen LogP contribution >= 0.6 is 11.6 Å². The second-order valence-electron chi connectivity index (χ2n) is 5.00. The average Bonchev–Trinajstić information content (AvgIpc) is 2.69. The summed E-state index contributed by atoms with van der Waals surface area (Å²) in [4.78, 5) is 0. The van der Waals surface area contributed by atoms with E-state index < -0.39 is 0 Å². The van der Waals surface area contributed by atoms with E-state index in [0.717, 1.165) is 32.4 Å². The molecule has 1 aromatic rings. The molecule has 5 heteroatoms. The molecule has 0 unspecified atom stereocenters. The van der Waals surface area contributed by atoms with Gasteiger partial charge in [0.05, 0.1) is 13.2 Å². The lowest BCUT2D eigenvalue weighted by molar-refractivity contribution is 0.296. The molecule has 0 aromatic heterocycles. The standard InChI is InChI=1S/C14H17ClFNO2/c15-12-13(16)10(9-2-4-17-5-3-9)8-11-14(12)19-7-1-6-18-11/h8-9,17H,1-7H2. The summed E-state index contributed by atoms with van der Waals surface area (Å²) in [7, 11) is 0. The van der Waals surface area contributed by atoms with E-state index >= 15 is 0 Å². The van der Waals surface area contributed by atoms with E-state index in [0.29, 0.717) is 30.3 Å². The van der Waals surface area contributed by atoms with Gasteiger partial charge in [0.15, 0.2) is 11.5 Å². The fourth-order valence-electron chi connectivity index (χ4n) is 2.69. The van der Waals surface area contributed by atoms with E-state index in [4.69, 9.17) is 21.1 Å².